The largest absolute Gasteiger partial charge is 0.508 e. The Morgan fingerprint density at radius 1 is 1.02 bits per heavy atom. The Labute approximate surface area is 254 Å². The summed E-state index contributed by atoms with van der Waals surface area (Å²) in [6.07, 6.45) is 11.3. The average molecular weight is 581 g/mol. The predicted molar refractivity (Wildman–Crippen MR) is 169 cm³/mol. The van der Waals surface area contributed by atoms with Crippen LogP contribution in [0.5, 0.6) is 11.8 Å². The number of aromatic hydroxyl groups is 1. The maximum atomic E-state index is 10.7. The van der Waals surface area contributed by atoms with Crippen molar-refractivity contribution in [3.63, 3.8) is 0 Å². The van der Waals surface area contributed by atoms with E-state index >= 15 is 0 Å². The van der Waals surface area contributed by atoms with Gasteiger partial charge in [-0.15, -0.1) is 0 Å². The van der Waals surface area contributed by atoms with Crippen molar-refractivity contribution in [2.24, 2.45) is 5.92 Å². The second-order valence-electron chi connectivity index (χ2n) is 14.4. The number of benzene rings is 2. The molecule has 5 aliphatic heterocycles. The first-order valence-electron chi connectivity index (χ1n) is 16.8. The van der Waals surface area contributed by atoms with Gasteiger partial charge in [-0.25, -0.2) is 0 Å². The maximum Gasteiger partial charge on any atom is 0.318 e. The van der Waals surface area contributed by atoms with Crippen molar-refractivity contribution in [1.82, 2.24) is 20.2 Å². The van der Waals surface area contributed by atoms with E-state index in [2.05, 4.69) is 45.1 Å². The minimum absolute atomic E-state index is 0.160. The van der Waals surface area contributed by atoms with Crippen molar-refractivity contribution >= 4 is 22.3 Å². The number of phenols is 1. The van der Waals surface area contributed by atoms with Gasteiger partial charge in [-0.1, -0.05) is 24.6 Å². The van der Waals surface area contributed by atoms with E-state index in [1.807, 2.05) is 12.1 Å². The van der Waals surface area contributed by atoms with Gasteiger partial charge < -0.3 is 25.0 Å². The number of hydrogen-bond acceptors (Lipinski definition) is 8. The summed E-state index contributed by atoms with van der Waals surface area (Å²) in [7, 11) is 0. The molecule has 2 aromatic carbocycles. The smallest absolute Gasteiger partial charge is 0.318 e. The summed E-state index contributed by atoms with van der Waals surface area (Å²) in [6, 6.07) is 12.5. The van der Waals surface area contributed by atoms with Crippen LogP contribution in [0.25, 0.3) is 10.8 Å². The van der Waals surface area contributed by atoms with Crippen LogP contribution in [0.15, 0.2) is 30.3 Å². The lowest BCUT2D eigenvalue weighted by Gasteiger charge is -2.38. The molecule has 2 bridgehead atoms. The van der Waals surface area contributed by atoms with Crippen molar-refractivity contribution < 1.29 is 9.84 Å². The molecule has 8 heteroatoms. The van der Waals surface area contributed by atoms with Crippen molar-refractivity contribution in [2.75, 3.05) is 42.6 Å². The fraction of sp³-hybridized carbons (Fsp3) is 0.600. The minimum Gasteiger partial charge on any atom is -0.508 e. The van der Waals surface area contributed by atoms with Crippen LogP contribution in [0.2, 0.25) is 0 Å². The molecule has 5 fully saturated rings. The van der Waals surface area contributed by atoms with Crippen LogP contribution in [0.1, 0.15) is 68.2 Å². The highest BCUT2D eigenvalue weighted by Crippen LogP contribution is 2.51. The molecule has 2 unspecified atom stereocenters. The summed E-state index contributed by atoms with van der Waals surface area (Å²) in [5, 5.41) is 16.7. The van der Waals surface area contributed by atoms with Crippen molar-refractivity contribution in [3.05, 3.63) is 47.2 Å². The average Bonchev–Trinajstić information content (AvgIpc) is 3.76. The maximum absolute atomic E-state index is 10.7. The first-order chi connectivity index (χ1) is 21.0. The fourth-order valence-corrected chi connectivity index (χ4v) is 9.98. The molecule has 3 aromatic rings. The number of nitrogens with one attached hydrogen (secondary N) is 1. The van der Waals surface area contributed by atoms with E-state index in [1.54, 1.807) is 0 Å². The fourth-order valence-electron chi connectivity index (χ4n) is 9.98. The molecule has 0 radical (unpaired) electrons. The first kappa shape index (κ1) is 26.3. The topological polar surface area (TPSA) is 77.0 Å². The van der Waals surface area contributed by atoms with E-state index in [0.29, 0.717) is 37.0 Å². The summed E-state index contributed by atoms with van der Waals surface area (Å²) in [5.41, 5.74) is 4.82. The Bertz CT molecular complexity index is 1570. The van der Waals surface area contributed by atoms with Gasteiger partial charge >= 0.3 is 6.01 Å². The van der Waals surface area contributed by atoms with E-state index in [9.17, 15) is 5.11 Å². The van der Waals surface area contributed by atoms with Crippen molar-refractivity contribution in [2.45, 2.75) is 94.9 Å². The summed E-state index contributed by atoms with van der Waals surface area (Å²) < 4.78 is 6.71. The molecule has 5 atom stereocenters. The molecule has 1 aliphatic carbocycles. The number of anilines is 2. The third kappa shape index (κ3) is 4.31. The number of hydrogen-bond donors (Lipinski definition) is 2. The highest BCUT2D eigenvalue weighted by atomic mass is 16.5. The SMILES string of the molecule is Cc1cccc2cc(O)cc(N3CCc4c(nc(OC[C@]56CCCN5[C@H]5CCC[C@H]5C6)nc4N4CC5CCC(C4)N5)C3)c12. The molecule has 0 spiro atoms. The van der Waals surface area contributed by atoms with Gasteiger partial charge in [0.15, 0.2) is 0 Å². The van der Waals surface area contributed by atoms with E-state index in [1.165, 1.54) is 74.4 Å². The highest BCUT2D eigenvalue weighted by Gasteiger charge is 2.55. The number of nitrogens with zero attached hydrogens (tertiary/aromatic N) is 5. The van der Waals surface area contributed by atoms with Gasteiger partial charge in [-0.3, -0.25) is 4.90 Å². The normalized spacial score (nSPS) is 31.5. The third-order valence-electron chi connectivity index (χ3n) is 11.8. The molecule has 1 saturated carbocycles. The lowest BCUT2D eigenvalue weighted by molar-refractivity contribution is 0.0829. The zero-order valence-corrected chi connectivity index (χ0v) is 25.4. The van der Waals surface area contributed by atoms with Gasteiger partial charge in [0, 0.05) is 60.5 Å². The Balaban J connectivity index is 1.06. The van der Waals surface area contributed by atoms with Crippen LogP contribution in [0.4, 0.5) is 11.5 Å². The molecule has 8 nitrogen and oxygen atoms in total. The lowest BCUT2D eigenvalue weighted by Crippen LogP contribution is -2.52. The highest BCUT2D eigenvalue weighted by molar-refractivity contribution is 5.98. The molecule has 43 heavy (non-hydrogen) atoms. The zero-order chi connectivity index (χ0) is 28.7. The standard InChI is InChI=1S/C35H44N6O2/c1-22-5-2-6-23-15-27(42)16-31(32(22)23)39-14-11-28-29(20-39)37-34(38-33(28)40-18-25-9-10-26(19-40)36-25)43-21-35-12-4-13-41(35)30-8-3-7-24(30)17-35/h2,5-6,15-16,24-26,30,36,42H,3-4,7-14,17-21H2,1H3/t24-,25?,26?,30-,35+/m0/s1. The molecule has 1 aromatic heterocycles. The monoisotopic (exact) mass is 580 g/mol. The van der Waals surface area contributed by atoms with Crippen molar-refractivity contribution in [1.29, 1.82) is 0 Å². The van der Waals surface area contributed by atoms with Crippen LogP contribution in [0, 0.1) is 12.8 Å². The van der Waals surface area contributed by atoms with Crippen LogP contribution in [0.3, 0.4) is 0 Å². The third-order valence-corrected chi connectivity index (χ3v) is 11.8. The molecule has 6 aliphatic rings. The summed E-state index contributed by atoms with van der Waals surface area (Å²) >= 11 is 0. The Kier molecular flexibility index (Phi) is 6.10. The summed E-state index contributed by atoms with van der Waals surface area (Å²) in [5.74, 6) is 2.25. The van der Waals surface area contributed by atoms with Gasteiger partial charge in [0.05, 0.1) is 17.8 Å². The van der Waals surface area contributed by atoms with Crippen LogP contribution < -0.4 is 19.9 Å². The number of rotatable bonds is 5. The second-order valence-corrected chi connectivity index (χ2v) is 14.4. The van der Waals surface area contributed by atoms with Gasteiger partial charge in [-0.2, -0.15) is 9.97 Å². The number of fused-ring (bicyclic) bond motifs is 7. The Hall–Kier alpha value is -3.10. The molecular formula is C35H44N6O2. The van der Waals surface area contributed by atoms with Gasteiger partial charge in [0.2, 0.25) is 0 Å². The zero-order valence-electron chi connectivity index (χ0n) is 25.4. The molecule has 4 saturated heterocycles. The Morgan fingerprint density at radius 3 is 2.79 bits per heavy atom. The first-order valence-corrected chi connectivity index (χ1v) is 16.8. The predicted octanol–water partition coefficient (Wildman–Crippen LogP) is 4.93. The molecular weight excluding hydrogens is 536 g/mol. The number of phenolic OH excluding ortho intramolecular Hbond substituents is 1. The van der Waals surface area contributed by atoms with Gasteiger partial charge in [0.25, 0.3) is 0 Å². The molecule has 226 valence electrons. The minimum atomic E-state index is 0.160. The van der Waals surface area contributed by atoms with E-state index < -0.39 is 0 Å². The van der Waals surface area contributed by atoms with E-state index in [0.717, 1.165) is 60.6 Å². The van der Waals surface area contributed by atoms with Crippen LogP contribution >= 0.6 is 0 Å². The number of aromatic nitrogens is 2. The summed E-state index contributed by atoms with van der Waals surface area (Å²) in [4.78, 5) is 18.1. The molecule has 6 heterocycles. The molecule has 0 amide bonds. The quantitative estimate of drug-likeness (QED) is 0.440. The van der Waals surface area contributed by atoms with Crippen LogP contribution in [-0.2, 0) is 13.0 Å². The van der Waals surface area contributed by atoms with E-state index in [-0.39, 0.29) is 5.54 Å². The lowest BCUT2D eigenvalue weighted by atomic mass is 9.90. The molecule has 9 rings (SSSR count). The van der Waals surface area contributed by atoms with Gasteiger partial charge in [-0.05, 0) is 87.8 Å². The number of ether oxygens (including phenoxy) is 1. The van der Waals surface area contributed by atoms with E-state index in [4.69, 9.17) is 14.7 Å². The summed E-state index contributed by atoms with van der Waals surface area (Å²) in [6.45, 7) is 7.64. The molecule has 2 N–H and O–H groups in total. The Morgan fingerprint density at radius 2 is 1.91 bits per heavy atom. The van der Waals surface area contributed by atoms with Gasteiger partial charge in [0.1, 0.15) is 18.2 Å². The number of aryl methyl sites for hydroxylation is 1. The van der Waals surface area contributed by atoms with Crippen molar-refractivity contribution in [3.8, 4) is 11.8 Å². The second kappa shape index (κ2) is 9.96. The number of piperazine rings is 1. The van der Waals surface area contributed by atoms with Crippen LogP contribution in [-0.4, -0.2) is 76.4 Å².